The summed E-state index contributed by atoms with van der Waals surface area (Å²) in [6, 6.07) is 4.13. The Morgan fingerprint density at radius 1 is 1.50 bits per heavy atom. The highest BCUT2D eigenvalue weighted by atomic mass is 16.5. The van der Waals surface area contributed by atoms with E-state index in [-0.39, 0.29) is 0 Å². The first-order valence-corrected chi connectivity index (χ1v) is 6.74. The third kappa shape index (κ3) is 6.79. The van der Waals surface area contributed by atoms with Gasteiger partial charge in [-0.25, -0.2) is 0 Å². The smallest absolute Gasteiger partial charge is 0.129 e. The number of aliphatic hydroxyl groups is 1. The normalized spacial score (nSPS) is 14.6. The number of ether oxygens (including phenoxy) is 1. The fourth-order valence-electron chi connectivity index (χ4n) is 1.70. The quantitative estimate of drug-likeness (QED) is 0.673. The van der Waals surface area contributed by atoms with Crippen LogP contribution in [0.15, 0.2) is 22.8 Å². The molecule has 2 N–H and O–H groups in total. The van der Waals surface area contributed by atoms with Crippen LogP contribution in [0.1, 0.15) is 38.9 Å². The SMILES string of the molecule is CCCCC(C)NCC(O)COCc1ccco1. The van der Waals surface area contributed by atoms with Crippen molar-refractivity contribution < 1.29 is 14.3 Å². The van der Waals surface area contributed by atoms with Gasteiger partial charge in [-0.3, -0.25) is 0 Å². The van der Waals surface area contributed by atoms with Crippen molar-refractivity contribution >= 4 is 0 Å². The second kappa shape index (κ2) is 9.14. The number of hydrogen-bond donors (Lipinski definition) is 2. The van der Waals surface area contributed by atoms with Crippen LogP contribution >= 0.6 is 0 Å². The van der Waals surface area contributed by atoms with E-state index in [1.807, 2.05) is 12.1 Å². The van der Waals surface area contributed by atoms with Gasteiger partial charge in [0.15, 0.2) is 0 Å². The maximum atomic E-state index is 9.73. The minimum absolute atomic E-state index is 0.328. The lowest BCUT2D eigenvalue weighted by Gasteiger charge is -2.16. The standard InChI is InChI=1S/C14H25NO3/c1-3-4-6-12(2)15-9-13(16)10-17-11-14-7-5-8-18-14/h5,7-8,12-13,15-16H,3-4,6,9-11H2,1-2H3. The van der Waals surface area contributed by atoms with Crippen LogP contribution in [0.5, 0.6) is 0 Å². The number of aliphatic hydroxyl groups excluding tert-OH is 1. The molecule has 18 heavy (non-hydrogen) atoms. The van der Waals surface area contributed by atoms with Crippen molar-refractivity contribution in [2.24, 2.45) is 0 Å². The third-order valence-electron chi connectivity index (χ3n) is 2.83. The molecule has 4 heteroatoms. The van der Waals surface area contributed by atoms with Gasteiger partial charge in [-0.05, 0) is 25.5 Å². The molecule has 104 valence electrons. The Morgan fingerprint density at radius 3 is 3.00 bits per heavy atom. The maximum absolute atomic E-state index is 9.73. The molecule has 0 spiro atoms. The van der Waals surface area contributed by atoms with Gasteiger partial charge in [0.05, 0.1) is 19.0 Å². The van der Waals surface area contributed by atoms with E-state index in [1.54, 1.807) is 6.26 Å². The Hall–Kier alpha value is -0.840. The lowest BCUT2D eigenvalue weighted by Crippen LogP contribution is -2.35. The molecular weight excluding hydrogens is 230 g/mol. The van der Waals surface area contributed by atoms with Crippen LogP contribution in [0.2, 0.25) is 0 Å². The highest BCUT2D eigenvalue weighted by molar-refractivity contribution is 4.96. The van der Waals surface area contributed by atoms with Gasteiger partial charge in [-0.2, -0.15) is 0 Å². The molecule has 0 saturated carbocycles. The monoisotopic (exact) mass is 255 g/mol. The number of unbranched alkanes of at least 4 members (excludes halogenated alkanes) is 1. The molecule has 0 amide bonds. The summed E-state index contributed by atoms with van der Waals surface area (Å²) in [4.78, 5) is 0. The molecule has 0 fully saturated rings. The molecule has 0 saturated heterocycles. The van der Waals surface area contributed by atoms with Crippen LogP contribution in [0.25, 0.3) is 0 Å². The van der Waals surface area contributed by atoms with E-state index >= 15 is 0 Å². The van der Waals surface area contributed by atoms with E-state index in [4.69, 9.17) is 9.15 Å². The Bertz CT molecular complexity index is 287. The maximum Gasteiger partial charge on any atom is 0.129 e. The van der Waals surface area contributed by atoms with Crippen LogP contribution in [-0.2, 0) is 11.3 Å². The second-order valence-corrected chi connectivity index (χ2v) is 4.70. The Balaban J connectivity index is 2.01. The zero-order chi connectivity index (χ0) is 13.2. The van der Waals surface area contributed by atoms with Gasteiger partial charge in [0, 0.05) is 12.6 Å². The molecule has 1 aromatic rings. The van der Waals surface area contributed by atoms with Crippen molar-refractivity contribution in [2.75, 3.05) is 13.2 Å². The Kier molecular flexibility index (Phi) is 7.73. The molecule has 0 radical (unpaired) electrons. The van der Waals surface area contributed by atoms with Crippen molar-refractivity contribution in [2.45, 2.75) is 51.9 Å². The molecule has 2 atom stereocenters. The minimum Gasteiger partial charge on any atom is -0.467 e. The molecule has 4 nitrogen and oxygen atoms in total. The van der Waals surface area contributed by atoms with Crippen molar-refractivity contribution in [1.29, 1.82) is 0 Å². The fourth-order valence-corrected chi connectivity index (χ4v) is 1.70. The summed E-state index contributed by atoms with van der Waals surface area (Å²) in [5, 5.41) is 13.0. The molecule has 1 aromatic heterocycles. The van der Waals surface area contributed by atoms with Crippen molar-refractivity contribution in [1.82, 2.24) is 5.32 Å². The van der Waals surface area contributed by atoms with E-state index in [0.29, 0.717) is 25.8 Å². The van der Waals surface area contributed by atoms with Crippen LogP contribution in [0.4, 0.5) is 0 Å². The second-order valence-electron chi connectivity index (χ2n) is 4.70. The predicted octanol–water partition coefficient (Wildman–Crippen LogP) is 2.33. The van der Waals surface area contributed by atoms with E-state index in [9.17, 15) is 5.11 Å². The number of furan rings is 1. The van der Waals surface area contributed by atoms with E-state index < -0.39 is 6.10 Å². The summed E-state index contributed by atoms with van der Waals surface area (Å²) in [6.07, 6.45) is 4.73. The van der Waals surface area contributed by atoms with Gasteiger partial charge in [-0.15, -0.1) is 0 Å². The van der Waals surface area contributed by atoms with Crippen molar-refractivity contribution in [3.05, 3.63) is 24.2 Å². The summed E-state index contributed by atoms with van der Waals surface area (Å²) >= 11 is 0. The number of hydrogen-bond acceptors (Lipinski definition) is 4. The average Bonchev–Trinajstić information content (AvgIpc) is 2.87. The zero-order valence-electron chi connectivity index (χ0n) is 11.4. The Labute approximate surface area is 109 Å². The van der Waals surface area contributed by atoms with Crippen molar-refractivity contribution in [3.8, 4) is 0 Å². The molecule has 2 unspecified atom stereocenters. The summed E-state index contributed by atoms with van der Waals surface area (Å²) in [5.41, 5.74) is 0. The molecule has 0 aliphatic rings. The van der Waals surface area contributed by atoms with Crippen LogP contribution in [0, 0.1) is 0 Å². The van der Waals surface area contributed by atoms with Crippen LogP contribution in [-0.4, -0.2) is 30.4 Å². The summed E-state index contributed by atoms with van der Waals surface area (Å²) < 4.78 is 10.5. The zero-order valence-corrected chi connectivity index (χ0v) is 11.4. The van der Waals surface area contributed by atoms with Gasteiger partial charge in [0.25, 0.3) is 0 Å². The highest BCUT2D eigenvalue weighted by Crippen LogP contribution is 2.02. The van der Waals surface area contributed by atoms with Crippen molar-refractivity contribution in [3.63, 3.8) is 0 Å². The van der Waals surface area contributed by atoms with Gasteiger partial charge >= 0.3 is 0 Å². The highest BCUT2D eigenvalue weighted by Gasteiger charge is 2.07. The number of nitrogens with one attached hydrogen (secondary N) is 1. The lowest BCUT2D eigenvalue weighted by atomic mass is 10.1. The van der Waals surface area contributed by atoms with Gasteiger partial charge in [-0.1, -0.05) is 19.8 Å². The minimum atomic E-state index is -0.468. The van der Waals surface area contributed by atoms with E-state index in [2.05, 4.69) is 19.2 Å². The molecule has 0 aliphatic heterocycles. The topological polar surface area (TPSA) is 54.6 Å². The molecule has 0 bridgehead atoms. The lowest BCUT2D eigenvalue weighted by molar-refractivity contribution is 0.0216. The summed E-state index contributed by atoms with van der Waals surface area (Å²) in [7, 11) is 0. The molecular formula is C14H25NO3. The first-order valence-electron chi connectivity index (χ1n) is 6.74. The van der Waals surface area contributed by atoms with Crippen LogP contribution in [0.3, 0.4) is 0 Å². The molecule has 0 aromatic carbocycles. The Morgan fingerprint density at radius 2 is 2.33 bits per heavy atom. The summed E-state index contributed by atoms with van der Waals surface area (Å²) in [5.74, 6) is 0.784. The summed E-state index contributed by atoms with van der Waals surface area (Å²) in [6.45, 7) is 5.64. The third-order valence-corrected chi connectivity index (χ3v) is 2.83. The molecule has 0 aliphatic carbocycles. The van der Waals surface area contributed by atoms with Gasteiger partial charge < -0.3 is 19.6 Å². The van der Waals surface area contributed by atoms with Crippen LogP contribution < -0.4 is 5.32 Å². The van der Waals surface area contributed by atoms with E-state index in [1.165, 1.54) is 12.8 Å². The average molecular weight is 255 g/mol. The van der Waals surface area contributed by atoms with Gasteiger partial charge in [0.1, 0.15) is 12.4 Å². The first kappa shape index (κ1) is 15.2. The fraction of sp³-hybridized carbons (Fsp3) is 0.714. The van der Waals surface area contributed by atoms with E-state index in [0.717, 1.165) is 12.2 Å². The first-order chi connectivity index (χ1) is 8.72. The van der Waals surface area contributed by atoms with Gasteiger partial charge in [0.2, 0.25) is 0 Å². The predicted molar refractivity (Wildman–Crippen MR) is 71.4 cm³/mol. The number of rotatable bonds is 10. The molecule has 1 rings (SSSR count). The molecule has 1 heterocycles. The largest absolute Gasteiger partial charge is 0.467 e.